The summed E-state index contributed by atoms with van der Waals surface area (Å²) in [5, 5.41) is 11.5. The molecule has 4 rings (SSSR count). The van der Waals surface area contributed by atoms with Crippen molar-refractivity contribution in [2.24, 2.45) is 0 Å². The zero-order valence-corrected chi connectivity index (χ0v) is 21.3. The molecule has 2 heterocycles. The molecule has 9 nitrogen and oxygen atoms in total. The molecule has 1 unspecified atom stereocenters. The molecule has 0 saturated carbocycles. The van der Waals surface area contributed by atoms with E-state index in [1.807, 2.05) is 6.92 Å². The number of carbonyl (C=O) groups excluding carboxylic acids is 3. The average Bonchev–Trinajstić information content (AvgIpc) is 3.20. The van der Waals surface area contributed by atoms with Gasteiger partial charge in [0.05, 0.1) is 38.0 Å². The molecule has 196 valence electrons. The molecule has 1 atom stereocenters. The highest BCUT2D eigenvalue weighted by molar-refractivity contribution is 6.46. The van der Waals surface area contributed by atoms with Gasteiger partial charge in [0.2, 0.25) is 0 Å². The molecule has 0 radical (unpaired) electrons. The van der Waals surface area contributed by atoms with Crippen molar-refractivity contribution in [1.82, 2.24) is 9.88 Å². The molecule has 1 aliphatic heterocycles. The fourth-order valence-electron chi connectivity index (χ4n) is 4.37. The van der Waals surface area contributed by atoms with Crippen molar-refractivity contribution in [2.75, 3.05) is 20.8 Å². The Balaban J connectivity index is 1.78. The summed E-state index contributed by atoms with van der Waals surface area (Å²) in [6, 6.07) is 14.1. The average molecular weight is 517 g/mol. The monoisotopic (exact) mass is 516 g/mol. The highest BCUT2D eigenvalue weighted by atomic mass is 16.5. The molecular formula is C29H28N2O7. The Bertz CT molecular complexity index is 1350. The highest BCUT2D eigenvalue weighted by Gasteiger charge is 2.46. The maximum Gasteiger partial charge on any atom is 0.338 e. The smallest absolute Gasteiger partial charge is 0.338 e. The van der Waals surface area contributed by atoms with E-state index in [1.54, 1.807) is 67.0 Å². The van der Waals surface area contributed by atoms with E-state index >= 15 is 0 Å². The van der Waals surface area contributed by atoms with Crippen molar-refractivity contribution in [3.63, 3.8) is 0 Å². The number of aliphatic hydroxyl groups is 1. The number of ketones is 1. The first-order valence-electron chi connectivity index (χ1n) is 12.1. The van der Waals surface area contributed by atoms with Crippen LogP contribution < -0.4 is 9.47 Å². The quantitative estimate of drug-likeness (QED) is 0.194. The number of aliphatic hydroxyl groups excluding tert-OH is 1. The van der Waals surface area contributed by atoms with Crippen LogP contribution in [0.15, 0.2) is 72.6 Å². The number of aromatic nitrogens is 1. The van der Waals surface area contributed by atoms with E-state index in [0.29, 0.717) is 29.7 Å². The van der Waals surface area contributed by atoms with Crippen LogP contribution in [-0.2, 0) is 20.9 Å². The Kier molecular flexibility index (Phi) is 8.06. The summed E-state index contributed by atoms with van der Waals surface area (Å²) in [5.74, 6) is -1.90. The van der Waals surface area contributed by atoms with Gasteiger partial charge in [0.15, 0.2) is 0 Å². The second kappa shape index (κ2) is 11.6. The third-order valence-corrected chi connectivity index (χ3v) is 6.18. The standard InChI is InChI=1S/C29H28N2O7/c1-4-15-38-29(35)19-12-10-18(11-13-19)17-31-25(20-7-6-14-30-16-20)24(27(33)28(31)34)26(32)23-21(36-2)8-5-9-22(23)37-3/h5-14,16,25,32H,4,15,17H2,1-3H3/b26-24+. The molecule has 1 amide bonds. The van der Waals surface area contributed by atoms with Crippen molar-refractivity contribution < 1.29 is 33.7 Å². The van der Waals surface area contributed by atoms with Crippen molar-refractivity contribution in [2.45, 2.75) is 25.9 Å². The van der Waals surface area contributed by atoms with Crippen LogP contribution in [0.4, 0.5) is 0 Å². The van der Waals surface area contributed by atoms with Gasteiger partial charge < -0.3 is 24.2 Å². The SMILES string of the molecule is CCCOC(=O)c1ccc(CN2C(=O)C(=O)/C(=C(/O)c3c(OC)cccc3OC)C2c2cccnc2)cc1. The molecular weight excluding hydrogens is 488 g/mol. The van der Waals surface area contributed by atoms with E-state index in [0.717, 1.165) is 0 Å². The third kappa shape index (κ3) is 5.08. The normalized spacial score (nSPS) is 16.4. The van der Waals surface area contributed by atoms with Crippen LogP contribution in [-0.4, -0.2) is 53.5 Å². The Morgan fingerprint density at radius 1 is 1.00 bits per heavy atom. The number of benzene rings is 2. The van der Waals surface area contributed by atoms with Crippen LogP contribution in [0.2, 0.25) is 0 Å². The lowest BCUT2D eigenvalue weighted by Gasteiger charge is -2.25. The summed E-state index contributed by atoms with van der Waals surface area (Å²) in [6.07, 6.45) is 3.84. The molecule has 3 aromatic rings. The van der Waals surface area contributed by atoms with Gasteiger partial charge in [-0.25, -0.2) is 4.79 Å². The first-order valence-corrected chi connectivity index (χ1v) is 12.1. The molecule has 1 saturated heterocycles. The van der Waals surface area contributed by atoms with Crippen LogP contribution >= 0.6 is 0 Å². The van der Waals surface area contributed by atoms with Gasteiger partial charge in [-0.3, -0.25) is 14.6 Å². The van der Waals surface area contributed by atoms with Crippen LogP contribution in [0.3, 0.4) is 0 Å². The number of likely N-dealkylation sites (tertiary alicyclic amines) is 1. The molecule has 0 aliphatic carbocycles. The zero-order valence-electron chi connectivity index (χ0n) is 21.3. The molecule has 38 heavy (non-hydrogen) atoms. The fourth-order valence-corrected chi connectivity index (χ4v) is 4.37. The molecule has 1 N–H and O–H groups in total. The van der Waals surface area contributed by atoms with Gasteiger partial charge in [-0.05, 0) is 47.9 Å². The number of methoxy groups -OCH3 is 2. The lowest BCUT2D eigenvalue weighted by molar-refractivity contribution is -0.140. The van der Waals surface area contributed by atoms with E-state index in [2.05, 4.69) is 4.98 Å². The maximum atomic E-state index is 13.4. The van der Waals surface area contributed by atoms with E-state index in [1.165, 1.54) is 19.1 Å². The molecule has 2 aromatic carbocycles. The van der Waals surface area contributed by atoms with Gasteiger partial charge in [-0.15, -0.1) is 0 Å². The van der Waals surface area contributed by atoms with Gasteiger partial charge in [0.25, 0.3) is 11.7 Å². The van der Waals surface area contributed by atoms with Gasteiger partial charge in [-0.2, -0.15) is 0 Å². The topological polar surface area (TPSA) is 115 Å². The summed E-state index contributed by atoms with van der Waals surface area (Å²) < 4.78 is 16.0. The number of hydrogen-bond acceptors (Lipinski definition) is 8. The second-order valence-corrected chi connectivity index (χ2v) is 8.58. The van der Waals surface area contributed by atoms with Gasteiger partial charge in [0.1, 0.15) is 22.8 Å². The Labute approximate surface area is 220 Å². The van der Waals surface area contributed by atoms with Gasteiger partial charge in [-0.1, -0.05) is 31.2 Å². The number of ether oxygens (including phenoxy) is 3. The largest absolute Gasteiger partial charge is 0.506 e. The molecule has 0 bridgehead atoms. The Morgan fingerprint density at radius 2 is 1.68 bits per heavy atom. The number of rotatable bonds is 9. The molecule has 1 fully saturated rings. The highest BCUT2D eigenvalue weighted by Crippen LogP contribution is 2.43. The van der Waals surface area contributed by atoms with Crippen LogP contribution in [0, 0.1) is 0 Å². The summed E-state index contributed by atoms with van der Waals surface area (Å²) in [6.45, 7) is 2.29. The summed E-state index contributed by atoms with van der Waals surface area (Å²) in [4.78, 5) is 44.4. The van der Waals surface area contributed by atoms with Crippen molar-refractivity contribution in [3.8, 4) is 11.5 Å². The third-order valence-electron chi connectivity index (χ3n) is 6.18. The summed E-state index contributed by atoms with van der Waals surface area (Å²) in [7, 11) is 2.87. The molecule has 0 spiro atoms. The minimum Gasteiger partial charge on any atom is -0.506 e. The lowest BCUT2D eigenvalue weighted by Crippen LogP contribution is -2.29. The van der Waals surface area contributed by atoms with Crippen LogP contribution in [0.1, 0.15) is 46.4 Å². The maximum absolute atomic E-state index is 13.4. The molecule has 9 heteroatoms. The van der Waals surface area contributed by atoms with E-state index in [9.17, 15) is 19.5 Å². The summed E-state index contributed by atoms with van der Waals surface area (Å²) >= 11 is 0. The van der Waals surface area contributed by atoms with Crippen molar-refractivity contribution in [3.05, 3.63) is 94.8 Å². The van der Waals surface area contributed by atoms with E-state index in [4.69, 9.17) is 14.2 Å². The number of carbonyl (C=O) groups is 3. The van der Waals surface area contributed by atoms with Crippen LogP contribution in [0.5, 0.6) is 11.5 Å². The predicted octanol–water partition coefficient (Wildman–Crippen LogP) is 4.29. The van der Waals surface area contributed by atoms with Crippen LogP contribution in [0.25, 0.3) is 5.76 Å². The number of esters is 1. The summed E-state index contributed by atoms with van der Waals surface area (Å²) in [5.41, 5.74) is 1.67. The first kappa shape index (κ1) is 26.4. The molecule has 1 aromatic heterocycles. The first-order chi connectivity index (χ1) is 18.4. The van der Waals surface area contributed by atoms with E-state index in [-0.39, 0.29) is 29.2 Å². The number of nitrogens with zero attached hydrogens (tertiary/aromatic N) is 2. The number of amides is 1. The van der Waals surface area contributed by atoms with Crippen molar-refractivity contribution in [1.29, 1.82) is 0 Å². The fraction of sp³-hybridized carbons (Fsp3) is 0.241. The number of pyridine rings is 1. The number of hydrogen-bond donors (Lipinski definition) is 1. The Hall–Kier alpha value is -4.66. The van der Waals surface area contributed by atoms with Crippen molar-refractivity contribution >= 4 is 23.4 Å². The zero-order chi connectivity index (χ0) is 27.2. The lowest BCUT2D eigenvalue weighted by atomic mass is 9.95. The predicted molar refractivity (Wildman–Crippen MR) is 139 cm³/mol. The second-order valence-electron chi connectivity index (χ2n) is 8.58. The number of Topliss-reactive ketones (excluding diaryl/α,β-unsaturated/α-hetero) is 1. The minimum absolute atomic E-state index is 0.0499. The Morgan fingerprint density at radius 3 is 2.26 bits per heavy atom. The van der Waals surface area contributed by atoms with Gasteiger partial charge >= 0.3 is 5.97 Å². The van der Waals surface area contributed by atoms with E-state index < -0.39 is 29.5 Å². The van der Waals surface area contributed by atoms with Gasteiger partial charge in [0, 0.05) is 18.9 Å². The molecule has 1 aliphatic rings. The minimum atomic E-state index is -0.924.